The molecule has 0 bridgehead atoms. The average molecular weight is 258 g/mol. The summed E-state index contributed by atoms with van der Waals surface area (Å²) in [5.74, 6) is -0.434. The Bertz CT molecular complexity index is 378. The lowest BCUT2D eigenvalue weighted by Gasteiger charge is -2.33. The molecule has 0 unspecified atom stereocenters. The summed E-state index contributed by atoms with van der Waals surface area (Å²) in [5, 5.41) is -0.0513. The predicted octanol–water partition coefficient (Wildman–Crippen LogP) is 2.01. The van der Waals surface area contributed by atoms with Crippen LogP contribution in [0.1, 0.15) is 12.5 Å². The van der Waals surface area contributed by atoms with Crippen LogP contribution in [-0.4, -0.2) is 47.5 Å². The van der Waals surface area contributed by atoms with Gasteiger partial charge in [-0.1, -0.05) is 18.5 Å². The number of rotatable bonds is 3. The number of aromatic nitrogens is 1. The van der Waals surface area contributed by atoms with Gasteiger partial charge < -0.3 is 4.90 Å². The third kappa shape index (κ3) is 3.37. The Morgan fingerprint density at radius 1 is 1.29 bits per heavy atom. The molecule has 0 saturated carbocycles. The molecule has 0 N–H and O–H groups in total. The summed E-state index contributed by atoms with van der Waals surface area (Å²) in [6.07, 6.45) is 1.65. The first-order chi connectivity index (χ1) is 8.19. The first-order valence-electron chi connectivity index (χ1n) is 5.93. The number of hydrogen-bond acceptors (Lipinski definition) is 3. The van der Waals surface area contributed by atoms with Crippen molar-refractivity contribution in [1.82, 2.24) is 14.8 Å². The van der Waals surface area contributed by atoms with E-state index in [-0.39, 0.29) is 5.15 Å². The molecule has 0 atom stereocenters. The Balaban J connectivity index is 1.91. The second kappa shape index (κ2) is 5.76. The van der Waals surface area contributed by atoms with Gasteiger partial charge in [0, 0.05) is 38.9 Å². The molecule has 0 aliphatic carbocycles. The van der Waals surface area contributed by atoms with Crippen molar-refractivity contribution in [3.8, 4) is 0 Å². The average Bonchev–Trinajstić information content (AvgIpc) is 2.35. The van der Waals surface area contributed by atoms with E-state index < -0.39 is 5.82 Å². The molecule has 5 heteroatoms. The van der Waals surface area contributed by atoms with Crippen LogP contribution in [0.15, 0.2) is 12.3 Å². The maximum atomic E-state index is 13.2. The highest BCUT2D eigenvalue weighted by Crippen LogP contribution is 2.14. The lowest BCUT2D eigenvalue weighted by Crippen LogP contribution is -2.45. The number of hydrogen-bond donors (Lipinski definition) is 0. The molecule has 1 aliphatic heterocycles. The molecule has 0 spiro atoms. The van der Waals surface area contributed by atoms with Crippen molar-refractivity contribution in [3.63, 3.8) is 0 Å². The van der Waals surface area contributed by atoms with Crippen molar-refractivity contribution in [2.75, 3.05) is 32.7 Å². The Labute approximate surface area is 106 Å². The van der Waals surface area contributed by atoms with E-state index in [1.54, 1.807) is 6.20 Å². The lowest BCUT2D eigenvalue weighted by atomic mass is 10.2. The molecule has 1 saturated heterocycles. The third-order valence-electron chi connectivity index (χ3n) is 3.17. The van der Waals surface area contributed by atoms with Gasteiger partial charge >= 0.3 is 0 Å². The van der Waals surface area contributed by atoms with E-state index in [0.29, 0.717) is 0 Å². The molecule has 17 heavy (non-hydrogen) atoms. The second-order valence-corrected chi connectivity index (χ2v) is 4.68. The molecule has 94 valence electrons. The molecular weight excluding hydrogens is 241 g/mol. The van der Waals surface area contributed by atoms with Crippen molar-refractivity contribution >= 4 is 11.6 Å². The van der Waals surface area contributed by atoms with E-state index in [2.05, 4.69) is 21.7 Å². The monoisotopic (exact) mass is 257 g/mol. The molecular formula is C12H17ClFN3. The Morgan fingerprint density at radius 2 is 1.94 bits per heavy atom. The minimum Gasteiger partial charge on any atom is -0.301 e. The molecule has 0 aromatic carbocycles. The van der Waals surface area contributed by atoms with Crippen LogP contribution in [0.25, 0.3) is 0 Å². The smallest absolute Gasteiger partial charge is 0.164 e. The molecule has 1 aliphatic rings. The van der Waals surface area contributed by atoms with Gasteiger partial charge in [0.05, 0.1) is 0 Å². The normalized spacial score (nSPS) is 18.5. The Kier molecular flexibility index (Phi) is 4.31. The SMILES string of the molecule is CCN1CCN(Cc2cnc(Cl)c(F)c2)CC1. The number of nitrogens with zero attached hydrogens (tertiary/aromatic N) is 3. The molecule has 1 aromatic rings. The maximum absolute atomic E-state index is 13.2. The third-order valence-corrected chi connectivity index (χ3v) is 3.45. The van der Waals surface area contributed by atoms with E-state index in [0.717, 1.165) is 44.8 Å². The van der Waals surface area contributed by atoms with Crippen LogP contribution in [0.3, 0.4) is 0 Å². The van der Waals surface area contributed by atoms with Crippen LogP contribution < -0.4 is 0 Å². The lowest BCUT2D eigenvalue weighted by molar-refractivity contribution is 0.132. The van der Waals surface area contributed by atoms with Gasteiger partial charge in [-0.15, -0.1) is 0 Å². The number of piperazine rings is 1. The Morgan fingerprint density at radius 3 is 2.53 bits per heavy atom. The van der Waals surface area contributed by atoms with Crippen LogP contribution in [0.4, 0.5) is 4.39 Å². The Hall–Kier alpha value is -0.710. The topological polar surface area (TPSA) is 19.4 Å². The largest absolute Gasteiger partial charge is 0.301 e. The molecule has 3 nitrogen and oxygen atoms in total. The zero-order valence-corrected chi connectivity index (χ0v) is 10.8. The van der Waals surface area contributed by atoms with Gasteiger partial charge in [-0.25, -0.2) is 9.37 Å². The first-order valence-corrected chi connectivity index (χ1v) is 6.31. The summed E-state index contributed by atoms with van der Waals surface area (Å²) >= 11 is 5.55. The van der Waals surface area contributed by atoms with Crippen LogP contribution in [0, 0.1) is 5.82 Å². The number of likely N-dealkylation sites (N-methyl/N-ethyl adjacent to an activating group) is 1. The molecule has 1 aromatic heterocycles. The zero-order chi connectivity index (χ0) is 12.3. The van der Waals surface area contributed by atoms with E-state index in [4.69, 9.17) is 11.6 Å². The highest BCUT2D eigenvalue weighted by atomic mass is 35.5. The molecule has 1 fully saturated rings. The predicted molar refractivity (Wildman–Crippen MR) is 66.6 cm³/mol. The van der Waals surface area contributed by atoms with Gasteiger partial charge in [-0.05, 0) is 18.2 Å². The zero-order valence-electron chi connectivity index (χ0n) is 9.99. The highest BCUT2D eigenvalue weighted by molar-refractivity contribution is 6.29. The summed E-state index contributed by atoms with van der Waals surface area (Å²) in [7, 11) is 0. The van der Waals surface area contributed by atoms with E-state index in [1.807, 2.05) is 0 Å². The van der Waals surface area contributed by atoms with Crippen molar-refractivity contribution < 1.29 is 4.39 Å². The molecule has 2 rings (SSSR count). The summed E-state index contributed by atoms with van der Waals surface area (Å²) in [6, 6.07) is 1.47. The van der Waals surface area contributed by atoms with E-state index in [9.17, 15) is 4.39 Å². The van der Waals surface area contributed by atoms with Gasteiger partial charge in [0.1, 0.15) is 0 Å². The van der Waals surface area contributed by atoms with Crippen molar-refractivity contribution in [2.24, 2.45) is 0 Å². The summed E-state index contributed by atoms with van der Waals surface area (Å²) in [5.41, 5.74) is 0.886. The van der Waals surface area contributed by atoms with Crippen molar-refractivity contribution in [2.45, 2.75) is 13.5 Å². The minimum absolute atomic E-state index is 0.0513. The standard InChI is InChI=1S/C12H17ClFN3/c1-2-16-3-5-17(6-4-16)9-10-7-11(14)12(13)15-8-10/h7-8H,2-6,9H2,1H3. The van der Waals surface area contributed by atoms with Gasteiger partial charge in [0.15, 0.2) is 11.0 Å². The van der Waals surface area contributed by atoms with Gasteiger partial charge in [0.2, 0.25) is 0 Å². The van der Waals surface area contributed by atoms with E-state index >= 15 is 0 Å². The van der Waals surface area contributed by atoms with Gasteiger partial charge in [0.25, 0.3) is 0 Å². The van der Waals surface area contributed by atoms with Crippen molar-refractivity contribution in [3.05, 3.63) is 28.8 Å². The van der Waals surface area contributed by atoms with Gasteiger partial charge in [-0.3, -0.25) is 4.90 Å². The number of halogens is 2. The molecule has 2 heterocycles. The second-order valence-electron chi connectivity index (χ2n) is 4.33. The summed E-state index contributed by atoms with van der Waals surface area (Å²) < 4.78 is 13.2. The van der Waals surface area contributed by atoms with Crippen molar-refractivity contribution in [1.29, 1.82) is 0 Å². The fourth-order valence-corrected chi connectivity index (χ4v) is 2.17. The summed E-state index contributed by atoms with van der Waals surface area (Å²) in [4.78, 5) is 8.56. The quantitative estimate of drug-likeness (QED) is 0.773. The minimum atomic E-state index is -0.434. The fourth-order valence-electron chi connectivity index (χ4n) is 2.07. The fraction of sp³-hybridized carbons (Fsp3) is 0.583. The molecule has 0 amide bonds. The molecule has 0 radical (unpaired) electrons. The van der Waals surface area contributed by atoms with Crippen LogP contribution >= 0.6 is 11.6 Å². The van der Waals surface area contributed by atoms with Crippen LogP contribution in [0.5, 0.6) is 0 Å². The van der Waals surface area contributed by atoms with Crippen LogP contribution in [0.2, 0.25) is 5.15 Å². The first kappa shape index (κ1) is 12.7. The summed E-state index contributed by atoms with van der Waals surface area (Å²) in [6.45, 7) is 8.24. The van der Waals surface area contributed by atoms with Crippen LogP contribution in [-0.2, 0) is 6.54 Å². The highest BCUT2D eigenvalue weighted by Gasteiger charge is 2.16. The van der Waals surface area contributed by atoms with E-state index in [1.165, 1.54) is 6.07 Å². The number of pyridine rings is 1. The van der Waals surface area contributed by atoms with Gasteiger partial charge in [-0.2, -0.15) is 0 Å². The maximum Gasteiger partial charge on any atom is 0.164 e.